The summed E-state index contributed by atoms with van der Waals surface area (Å²) in [6.45, 7) is 0. The monoisotopic (exact) mass is 270 g/mol. The molecule has 3 nitrogen and oxygen atoms in total. The van der Waals surface area contributed by atoms with Crippen molar-refractivity contribution in [2.45, 2.75) is 4.90 Å². The van der Waals surface area contributed by atoms with Crippen molar-refractivity contribution in [3.8, 4) is 6.01 Å². The number of aromatic nitrogens is 2. The highest BCUT2D eigenvalue weighted by molar-refractivity contribution is 7.99. The van der Waals surface area contributed by atoms with Gasteiger partial charge in [-0.05, 0) is 24.3 Å². The number of halogens is 2. The van der Waals surface area contributed by atoms with E-state index in [0.29, 0.717) is 11.0 Å². The molecule has 17 heavy (non-hydrogen) atoms. The molecule has 88 valence electrons. The molecular weight excluding hydrogens is 263 g/mol. The Hall–Kier alpha value is -1.33. The van der Waals surface area contributed by atoms with Crippen LogP contribution in [0.2, 0.25) is 5.02 Å². The Kier molecular flexibility index (Phi) is 4.17. The summed E-state index contributed by atoms with van der Waals surface area (Å²) < 4.78 is 17.9. The van der Waals surface area contributed by atoms with E-state index in [-0.39, 0.29) is 11.8 Å². The number of nitrogens with zero attached hydrogens (tertiary/aromatic N) is 2. The molecule has 0 aliphatic rings. The molecule has 0 bridgehead atoms. The molecule has 2 aromatic rings. The summed E-state index contributed by atoms with van der Waals surface area (Å²) in [5.41, 5.74) is 0. The first kappa shape index (κ1) is 12.1. The third-order valence-corrected chi connectivity index (χ3v) is 2.86. The quantitative estimate of drug-likeness (QED) is 0.630. The second-order valence-electron chi connectivity index (χ2n) is 3.04. The van der Waals surface area contributed by atoms with Gasteiger partial charge in [0.1, 0.15) is 11.8 Å². The van der Waals surface area contributed by atoms with Gasteiger partial charge in [-0.25, -0.2) is 14.4 Å². The highest BCUT2D eigenvalue weighted by Crippen LogP contribution is 2.18. The summed E-state index contributed by atoms with van der Waals surface area (Å²) >= 11 is 7.06. The molecule has 0 atom stereocenters. The predicted molar refractivity (Wildman–Crippen MR) is 64.8 cm³/mol. The number of hydrogen-bond donors (Lipinski definition) is 0. The fourth-order valence-electron chi connectivity index (χ4n) is 1.06. The third kappa shape index (κ3) is 3.87. The average Bonchev–Trinajstić information content (AvgIpc) is 2.34. The van der Waals surface area contributed by atoms with E-state index in [1.165, 1.54) is 36.3 Å². The maximum Gasteiger partial charge on any atom is 0.317 e. The highest BCUT2D eigenvalue weighted by Gasteiger charge is 1.99. The predicted octanol–water partition coefficient (Wildman–Crippen LogP) is 3.40. The number of thioether (sulfide) groups is 1. The molecule has 0 amide bonds. The lowest BCUT2D eigenvalue weighted by Crippen LogP contribution is -1.97. The molecule has 0 radical (unpaired) electrons. The van der Waals surface area contributed by atoms with Crippen LogP contribution in [0.3, 0.4) is 0 Å². The van der Waals surface area contributed by atoms with Crippen LogP contribution in [0.5, 0.6) is 6.01 Å². The molecule has 0 fully saturated rings. The lowest BCUT2D eigenvalue weighted by molar-refractivity contribution is 0.360. The van der Waals surface area contributed by atoms with Gasteiger partial charge in [-0.3, -0.25) is 0 Å². The molecule has 0 saturated heterocycles. The van der Waals surface area contributed by atoms with Gasteiger partial charge in [0.2, 0.25) is 0 Å². The Bertz CT molecular complexity index is 432. The van der Waals surface area contributed by atoms with Crippen molar-refractivity contribution in [2.24, 2.45) is 0 Å². The van der Waals surface area contributed by atoms with Crippen molar-refractivity contribution < 1.29 is 9.13 Å². The smallest absolute Gasteiger partial charge is 0.317 e. The number of ether oxygens (including phenoxy) is 1. The summed E-state index contributed by atoms with van der Waals surface area (Å²) in [7, 11) is 0. The normalized spacial score (nSPS) is 10.2. The van der Waals surface area contributed by atoms with Crippen LogP contribution < -0.4 is 4.74 Å². The zero-order valence-corrected chi connectivity index (χ0v) is 10.2. The summed E-state index contributed by atoms with van der Waals surface area (Å²) in [4.78, 5) is 8.69. The second kappa shape index (κ2) is 5.84. The Morgan fingerprint density at radius 1 is 1.18 bits per heavy atom. The standard InChI is InChI=1S/C11H8ClFN2OS/c12-8-5-14-11(15-6-8)16-7-17-10-3-1-9(13)2-4-10/h1-6H,7H2. The van der Waals surface area contributed by atoms with Crippen LogP contribution in [-0.2, 0) is 0 Å². The van der Waals surface area contributed by atoms with E-state index in [1.807, 2.05) is 0 Å². The van der Waals surface area contributed by atoms with E-state index < -0.39 is 0 Å². The van der Waals surface area contributed by atoms with Crippen molar-refractivity contribution >= 4 is 23.4 Å². The van der Waals surface area contributed by atoms with Crippen molar-refractivity contribution in [3.63, 3.8) is 0 Å². The maximum atomic E-state index is 12.6. The van der Waals surface area contributed by atoms with Crippen LogP contribution in [0, 0.1) is 5.82 Å². The zero-order chi connectivity index (χ0) is 12.1. The third-order valence-electron chi connectivity index (χ3n) is 1.82. The molecule has 0 unspecified atom stereocenters. The van der Waals surface area contributed by atoms with Crippen LogP contribution >= 0.6 is 23.4 Å². The van der Waals surface area contributed by atoms with Gasteiger partial charge in [0.05, 0.1) is 17.4 Å². The molecule has 2 rings (SSSR count). The van der Waals surface area contributed by atoms with E-state index in [0.717, 1.165) is 4.90 Å². The zero-order valence-electron chi connectivity index (χ0n) is 8.64. The lowest BCUT2D eigenvalue weighted by atomic mass is 10.4. The van der Waals surface area contributed by atoms with Gasteiger partial charge in [0, 0.05) is 4.90 Å². The van der Waals surface area contributed by atoms with Gasteiger partial charge in [-0.15, -0.1) is 0 Å². The van der Waals surface area contributed by atoms with Gasteiger partial charge in [0.25, 0.3) is 0 Å². The number of rotatable bonds is 4. The number of hydrogen-bond acceptors (Lipinski definition) is 4. The van der Waals surface area contributed by atoms with Gasteiger partial charge < -0.3 is 4.74 Å². The summed E-state index contributed by atoms with van der Waals surface area (Å²) in [5.74, 6) is 0.101. The molecule has 1 aromatic carbocycles. The fraction of sp³-hybridized carbons (Fsp3) is 0.0909. The minimum absolute atomic E-state index is 0.253. The van der Waals surface area contributed by atoms with E-state index in [1.54, 1.807) is 12.1 Å². The van der Waals surface area contributed by atoms with Crippen LogP contribution in [-0.4, -0.2) is 15.9 Å². The molecule has 0 spiro atoms. The Morgan fingerprint density at radius 3 is 2.47 bits per heavy atom. The fourth-order valence-corrected chi connectivity index (χ4v) is 1.78. The van der Waals surface area contributed by atoms with Crippen molar-refractivity contribution in [3.05, 3.63) is 47.5 Å². The summed E-state index contributed by atoms with van der Waals surface area (Å²) in [5, 5.41) is 0.462. The van der Waals surface area contributed by atoms with Crippen molar-refractivity contribution in [1.29, 1.82) is 0 Å². The molecule has 0 saturated carbocycles. The largest absolute Gasteiger partial charge is 0.452 e. The minimum Gasteiger partial charge on any atom is -0.452 e. The molecule has 0 N–H and O–H groups in total. The van der Waals surface area contributed by atoms with Gasteiger partial charge in [-0.1, -0.05) is 23.4 Å². The second-order valence-corrected chi connectivity index (χ2v) is 4.48. The Morgan fingerprint density at radius 2 is 1.82 bits per heavy atom. The topological polar surface area (TPSA) is 35.0 Å². The van der Waals surface area contributed by atoms with Gasteiger partial charge in [-0.2, -0.15) is 0 Å². The highest BCUT2D eigenvalue weighted by atomic mass is 35.5. The Labute approximate surface area is 107 Å². The van der Waals surface area contributed by atoms with Gasteiger partial charge in [0.15, 0.2) is 0 Å². The van der Waals surface area contributed by atoms with Crippen LogP contribution in [0.25, 0.3) is 0 Å². The van der Waals surface area contributed by atoms with Crippen LogP contribution in [0.15, 0.2) is 41.6 Å². The van der Waals surface area contributed by atoms with E-state index >= 15 is 0 Å². The first-order chi connectivity index (χ1) is 8.24. The lowest BCUT2D eigenvalue weighted by Gasteiger charge is -2.03. The van der Waals surface area contributed by atoms with Crippen LogP contribution in [0.1, 0.15) is 0 Å². The molecule has 1 heterocycles. The summed E-state index contributed by atoms with van der Waals surface area (Å²) in [6, 6.07) is 6.45. The maximum absolute atomic E-state index is 12.6. The summed E-state index contributed by atoms with van der Waals surface area (Å²) in [6.07, 6.45) is 2.93. The minimum atomic E-state index is -0.253. The number of benzene rings is 1. The van der Waals surface area contributed by atoms with E-state index in [9.17, 15) is 4.39 Å². The first-order valence-electron chi connectivity index (χ1n) is 4.73. The molecular formula is C11H8ClFN2OS. The van der Waals surface area contributed by atoms with Crippen molar-refractivity contribution in [1.82, 2.24) is 9.97 Å². The van der Waals surface area contributed by atoms with Crippen molar-refractivity contribution in [2.75, 3.05) is 5.94 Å². The molecule has 1 aromatic heterocycles. The molecule has 6 heteroatoms. The van der Waals surface area contributed by atoms with E-state index in [4.69, 9.17) is 16.3 Å². The van der Waals surface area contributed by atoms with E-state index in [2.05, 4.69) is 9.97 Å². The molecule has 0 aliphatic carbocycles. The molecule has 0 aliphatic heterocycles. The Balaban J connectivity index is 1.83. The van der Waals surface area contributed by atoms with Crippen LogP contribution in [0.4, 0.5) is 4.39 Å². The first-order valence-corrected chi connectivity index (χ1v) is 6.09. The van der Waals surface area contributed by atoms with Gasteiger partial charge >= 0.3 is 6.01 Å². The SMILES string of the molecule is Fc1ccc(SCOc2ncc(Cl)cn2)cc1. The average molecular weight is 271 g/mol.